The Bertz CT molecular complexity index is 4300. The highest BCUT2D eigenvalue weighted by Crippen LogP contribution is 2.23. The van der Waals surface area contributed by atoms with Crippen molar-refractivity contribution in [3.63, 3.8) is 0 Å². The van der Waals surface area contributed by atoms with Crippen molar-refractivity contribution in [3.8, 4) is 0 Å². The molecule has 0 unspecified atom stereocenters. The van der Waals surface area contributed by atoms with E-state index in [1.54, 1.807) is 104 Å². The van der Waals surface area contributed by atoms with Gasteiger partial charge in [0.15, 0.2) is 17.3 Å². The van der Waals surface area contributed by atoms with E-state index >= 15 is 0 Å². The van der Waals surface area contributed by atoms with E-state index in [0.29, 0.717) is 67.5 Å². The second-order valence-corrected chi connectivity index (χ2v) is 24.8. The maximum atomic E-state index is 12.9. The third-order valence-electron chi connectivity index (χ3n) is 15.4. The standard InChI is InChI=1S/C25H23BrN4O2.2C24H21BrN4O2/c1-30-14-4-13-27-24(30)18-9-7-17(8-10-18)22(31)15-19-5-2-3-6-21(19)25(32)29-23-12-11-20(26)16-28-23;1-29-13-12-26-23(29)17-8-6-16(7-9-17)21(30)14-18-4-2-3-5-20(18)24(31)28-22-11-10-19(25)15-27-22;25-19-10-11-22(28-15-19)29-24(31)20-5-2-1-4-18(20)14-21(30)16-6-8-17(9-7-16)23-26-12-3-13-27-23/h2-3,5-12,16H,4,13-15H2,1H3,(H,28,29,32);2-11,15H,12-14H2,1H3,(H,27,28,31);1-2,4-11,15H,3,12-14H2,(H,26,27)(H,28,29,31). The van der Waals surface area contributed by atoms with Crippen LogP contribution < -0.4 is 21.3 Å². The predicted octanol–water partition coefficient (Wildman–Crippen LogP) is 13.1. The number of benzene rings is 6. The molecule has 4 N–H and O–H groups in total. The molecule has 21 heteroatoms. The van der Waals surface area contributed by atoms with Crippen LogP contribution in [0.3, 0.4) is 0 Å². The predicted molar refractivity (Wildman–Crippen MR) is 379 cm³/mol. The van der Waals surface area contributed by atoms with Gasteiger partial charge in [-0.3, -0.25) is 43.7 Å². The number of amides is 3. The first kappa shape index (κ1) is 66.9. The van der Waals surface area contributed by atoms with Crippen LogP contribution in [0.15, 0.2) is 229 Å². The molecule has 94 heavy (non-hydrogen) atoms. The summed E-state index contributed by atoms with van der Waals surface area (Å²) in [5.41, 5.74) is 8.18. The molecule has 0 spiro atoms. The number of hydrogen-bond donors (Lipinski definition) is 4. The Hall–Kier alpha value is -9.96. The SMILES string of the molecule is CN1CCCN=C1c1ccc(C(=O)Cc2ccccc2C(=O)Nc2ccc(Br)cn2)cc1.CN1CCN=C1c1ccc(C(=O)Cc2ccccc2C(=O)Nc2ccc(Br)cn2)cc1.O=C(Cc1ccccc1C(=O)Nc1ccc(Br)cn1)c1ccc(C2=NCCCN2)cc1. The lowest BCUT2D eigenvalue weighted by atomic mass is 9.97. The highest BCUT2D eigenvalue weighted by Gasteiger charge is 2.22. The normalized spacial score (nSPS) is 13.2. The lowest BCUT2D eigenvalue weighted by Gasteiger charge is -2.25. The summed E-state index contributed by atoms with van der Waals surface area (Å²) in [6.07, 6.45) is 7.34. The first-order valence-corrected chi connectivity index (χ1v) is 32.7. The van der Waals surface area contributed by atoms with E-state index in [2.05, 4.69) is 109 Å². The number of halogens is 3. The summed E-state index contributed by atoms with van der Waals surface area (Å²) >= 11 is 9.97. The molecule has 9 aromatic rings. The van der Waals surface area contributed by atoms with Crippen molar-refractivity contribution in [2.45, 2.75) is 32.1 Å². The Morgan fingerprint density at radius 1 is 0.404 bits per heavy atom. The molecule has 0 bridgehead atoms. The molecule has 0 saturated heterocycles. The number of nitrogens with one attached hydrogen (secondary N) is 4. The Morgan fingerprint density at radius 3 is 1.09 bits per heavy atom. The Labute approximate surface area is 570 Å². The van der Waals surface area contributed by atoms with Gasteiger partial charge in [-0.15, -0.1) is 0 Å². The number of aliphatic imine (C=N–C) groups is 3. The highest BCUT2D eigenvalue weighted by atomic mass is 79.9. The van der Waals surface area contributed by atoms with Crippen LogP contribution in [0.2, 0.25) is 0 Å². The maximum Gasteiger partial charge on any atom is 0.257 e. The van der Waals surface area contributed by atoms with Gasteiger partial charge in [-0.25, -0.2) is 15.0 Å². The van der Waals surface area contributed by atoms with Crippen molar-refractivity contribution in [2.24, 2.45) is 15.0 Å². The third kappa shape index (κ3) is 18.2. The molecular formula is C73H65Br3N12O6. The first-order chi connectivity index (χ1) is 45.6. The number of rotatable bonds is 18. The molecule has 6 heterocycles. The third-order valence-corrected chi connectivity index (χ3v) is 16.8. The van der Waals surface area contributed by atoms with E-state index in [4.69, 9.17) is 0 Å². The monoisotopic (exact) mass is 1440 g/mol. The second-order valence-electron chi connectivity index (χ2n) is 22.1. The van der Waals surface area contributed by atoms with Crippen molar-refractivity contribution in [3.05, 3.63) is 281 Å². The molecule has 6 aromatic carbocycles. The molecule has 0 atom stereocenters. The summed E-state index contributed by atoms with van der Waals surface area (Å²) in [5.74, 6) is 3.09. The second kappa shape index (κ2) is 32.5. The Kier molecular flexibility index (Phi) is 23.2. The lowest BCUT2D eigenvalue weighted by molar-refractivity contribution is 0.0980. The van der Waals surface area contributed by atoms with Crippen LogP contribution in [-0.2, 0) is 19.3 Å². The van der Waals surface area contributed by atoms with Crippen LogP contribution in [0.25, 0.3) is 0 Å². The molecule has 0 saturated carbocycles. The summed E-state index contributed by atoms with van der Waals surface area (Å²) < 4.78 is 2.48. The molecule has 3 amide bonds. The fourth-order valence-corrected chi connectivity index (χ4v) is 11.1. The number of carbonyl (C=O) groups is 6. The Balaban J connectivity index is 0.000000154. The summed E-state index contributed by atoms with van der Waals surface area (Å²) in [4.78, 5) is 107. The highest BCUT2D eigenvalue weighted by molar-refractivity contribution is 9.11. The molecule has 3 aliphatic heterocycles. The molecule has 3 aromatic heterocycles. The summed E-state index contributed by atoms with van der Waals surface area (Å²) in [6, 6.07) is 54.4. The van der Waals surface area contributed by atoms with Crippen LogP contribution in [0.5, 0.6) is 0 Å². The Morgan fingerprint density at radius 2 is 0.755 bits per heavy atom. The number of nitrogens with zero attached hydrogens (tertiary/aromatic N) is 8. The molecule has 0 fully saturated rings. The van der Waals surface area contributed by atoms with Gasteiger partial charge in [-0.1, -0.05) is 127 Å². The van der Waals surface area contributed by atoms with Crippen LogP contribution in [0, 0.1) is 0 Å². The number of hydrogen-bond acceptors (Lipinski definition) is 15. The first-order valence-electron chi connectivity index (χ1n) is 30.3. The minimum absolute atomic E-state index is 0.0440. The quantitative estimate of drug-likeness (QED) is 0.0588. The number of aromatic nitrogens is 3. The number of amidine groups is 3. The van der Waals surface area contributed by atoms with E-state index in [-0.39, 0.29) is 54.3 Å². The van der Waals surface area contributed by atoms with Gasteiger partial charge in [0.1, 0.15) is 35.0 Å². The number of ketones is 3. The van der Waals surface area contributed by atoms with E-state index in [0.717, 1.165) is 99.7 Å². The van der Waals surface area contributed by atoms with Crippen molar-refractivity contribution < 1.29 is 28.8 Å². The van der Waals surface area contributed by atoms with Gasteiger partial charge in [0.05, 0.1) is 6.54 Å². The molecule has 474 valence electrons. The fourth-order valence-electron chi connectivity index (χ4n) is 10.4. The van der Waals surface area contributed by atoms with Crippen LogP contribution in [0.1, 0.15) is 108 Å². The van der Waals surface area contributed by atoms with E-state index < -0.39 is 0 Å². The zero-order valence-electron chi connectivity index (χ0n) is 51.5. The fraction of sp³-hybridized carbons (Fsp3) is 0.178. The van der Waals surface area contributed by atoms with Crippen LogP contribution in [-0.4, -0.2) is 131 Å². The zero-order chi connectivity index (χ0) is 65.9. The van der Waals surface area contributed by atoms with Gasteiger partial charge in [0, 0.05) is 148 Å². The van der Waals surface area contributed by atoms with Gasteiger partial charge in [-0.2, -0.15) is 0 Å². The molecule has 0 aliphatic carbocycles. The lowest BCUT2D eigenvalue weighted by Crippen LogP contribution is -2.32. The topological polar surface area (TPSA) is 233 Å². The van der Waals surface area contributed by atoms with Crippen LogP contribution >= 0.6 is 47.8 Å². The molecule has 18 nitrogen and oxygen atoms in total. The number of pyridine rings is 3. The maximum absolute atomic E-state index is 12.9. The minimum atomic E-state index is -0.296. The van der Waals surface area contributed by atoms with Gasteiger partial charge in [0.2, 0.25) is 0 Å². The van der Waals surface area contributed by atoms with Crippen molar-refractivity contribution in [1.82, 2.24) is 30.1 Å². The zero-order valence-corrected chi connectivity index (χ0v) is 56.2. The molecular weight excluding hydrogens is 1380 g/mol. The van der Waals surface area contributed by atoms with E-state index in [9.17, 15) is 28.8 Å². The number of likely N-dealkylation sites (N-methyl/N-ethyl adjacent to an activating group) is 1. The van der Waals surface area contributed by atoms with E-state index in [1.165, 1.54) is 0 Å². The number of Topliss-reactive ketones (excluding diaryl/α,β-unsaturated/α-hetero) is 3. The summed E-state index contributed by atoms with van der Waals surface area (Å²) in [6.45, 7) is 5.24. The van der Waals surface area contributed by atoms with Gasteiger partial charge < -0.3 is 31.1 Å². The van der Waals surface area contributed by atoms with Crippen molar-refractivity contribution >= 4 is 118 Å². The van der Waals surface area contributed by atoms with Gasteiger partial charge in [0.25, 0.3) is 17.7 Å². The largest absolute Gasteiger partial charge is 0.370 e. The minimum Gasteiger partial charge on any atom is -0.370 e. The number of anilines is 3. The average Bonchev–Trinajstić information content (AvgIpc) is 1.55. The van der Waals surface area contributed by atoms with Crippen LogP contribution in [0.4, 0.5) is 17.5 Å². The van der Waals surface area contributed by atoms with Crippen molar-refractivity contribution in [2.75, 3.05) is 69.3 Å². The van der Waals surface area contributed by atoms with Gasteiger partial charge >= 0.3 is 0 Å². The van der Waals surface area contributed by atoms with E-state index in [1.807, 2.05) is 111 Å². The molecule has 3 aliphatic rings. The average molecular weight is 1450 g/mol. The molecule has 12 rings (SSSR count). The molecule has 0 radical (unpaired) electrons. The van der Waals surface area contributed by atoms with Gasteiger partial charge in [-0.05, 0) is 132 Å². The van der Waals surface area contributed by atoms with Crippen molar-refractivity contribution in [1.29, 1.82) is 0 Å². The number of carbonyl (C=O) groups excluding carboxylic acids is 6. The summed E-state index contributed by atoms with van der Waals surface area (Å²) in [5, 5.41) is 11.6. The summed E-state index contributed by atoms with van der Waals surface area (Å²) in [7, 11) is 4.04. The smallest absolute Gasteiger partial charge is 0.257 e.